The summed E-state index contributed by atoms with van der Waals surface area (Å²) in [7, 11) is 0. The number of piperidine rings is 1. The van der Waals surface area contributed by atoms with Crippen molar-refractivity contribution in [3.05, 3.63) is 24.0 Å². The third kappa shape index (κ3) is 2.11. The number of nitriles is 1. The van der Waals surface area contributed by atoms with Crippen molar-refractivity contribution in [3.8, 4) is 11.8 Å². The van der Waals surface area contributed by atoms with Gasteiger partial charge in [0.2, 0.25) is 0 Å². The van der Waals surface area contributed by atoms with E-state index in [9.17, 15) is 0 Å². The first-order valence-corrected chi connectivity index (χ1v) is 6.13. The van der Waals surface area contributed by atoms with Gasteiger partial charge in [0.1, 0.15) is 12.2 Å². The Balaban J connectivity index is 1.73. The van der Waals surface area contributed by atoms with E-state index >= 15 is 0 Å². The Hall–Kier alpha value is -1.60. The molecule has 4 nitrogen and oxygen atoms in total. The van der Waals surface area contributed by atoms with Gasteiger partial charge in [0.25, 0.3) is 0 Å². The van der Waals surface area contributed by atoms with Gasteiger partial charge in [0.15, 0.2) is 11.4 Å². The molecular formula is C13H15N3O. The largest absolute Gasteiger partial charge is 0.487 e. The average Bonchev–Trinajstić information content (AvgIpc) is 2.69. The number of hydrogen-bond donors (Lipinski definition) is 1. The maximum absolute atomic E-state index is 8.96. The highest BCUT2D eigenvalue weighted by Gasteiger charge is 2.34. The molecule has 1 aromatic heterocycles. The predicted molar refractivity (Wildman–Crippen MR) is 62.5 cm³/mol. The SMILES string of the molecule is N#Cc1ncccc1OC1CC2CCC(C1)N2. The second-order valence-electron chi connectivity index (χ2n) is 4.81. The molecule has 0 saturated carbocycles. The maximum Gasteiger partial charge on any atom is 0.182 e. The number of nitrogens with zero attached hydrogens (tertiary/aromatic N) is 2. The second-order valence-corrected chi connectivity index (χ2v) is 4.81. The van der Waals surface area contributed by atoms with Crippen LogP contribution in [0.4, 0.5) is 0 Å². The van der Waals surface area contributed by atoms with Gasteiger partial charge in [0, 0.05) is 18.3 Å². The first-order valence-electron chi connectivity index (χ1n) is 6.13. The number of hydrogen-bond acceptors (Lipinski definition) is 4. The number of ether oxygens (including phenoxy) is 1. The zero-order chi connectivity index (χ0) is 11.7. The summed E-state index contributed by atoms with van der Waals surface area (Å²) in [6, 6.07) is 6.91. The van der Waals surface area contributed by atoms with Crippen molar-refractivity contribution in [2.45, 2.75) is 43.9 Å². The molecule has 0 aliphatic carbocycles. The van der Waals surface area contributed by atoms with Crippen LogP contribution in [-0.2, 0) is 0 Å². The lowest BCUT2D eigenvalue weighted by Crippen LogP contribution is -2.42. The molecule has 88 valence electrons. The maximum atomic E-state index is 8.96. The van der Waals surface area contributed by atoms with E-state index in [2.05, 4.69) is 16.4 Å². The highest BCUT2D eigenvalue weighted by atomic mass is 16.5. The lowest BCUT2D eigenvalue weighted by molar-refractivity contribution is 0.136. The van der Waals surface area contributed by atoms with Crippen LogP contribution in [-0.4, -0.2) is 23.2 Å². The summed E-state index contributed by atoms with van der Waals surface area (Å²) in [6.07, 6.45) is 6.43. The quantitative estimate of drug-likeness (QED) is 0.837. The zero-order valence-corrected chi connectivity index (χ0v) is 9.60. The Bertz CT molecular complexity index is 442. The predicted octanol–water partition coefficient (Wildman–Crippen LogP) is 1.62. The number of nitrogens with one attached hydrogen (secondary N) is 1. The fourth-order valence-electron chi connectivity index (χ4n) is 2.85. The van der Waals surface area contributed by atoms with Crippen LogP contribution in [0, 0.1) is 11.3 Å². The Morgan fingerprint density at radius 2 is 2.12 bits per heavy atom. The van der Waals surface area contributed by atoms with Crippen molar-refractivity contribution in [2.24, 2.45) is 0 Å². The molecule has 2 atom stereocenters. The molecule has 1 aromatic rings. The summed E-state index contributed by atoms with van der Waals surface area (Å²) >= 11 is 0. The minimum absolute atomic E-state index is 0.227. The van der Waals surface area contributed by atoms with Gasteiger partial charge < -0.3 is 10.1 Å². The normalized spacial score (nSPS) is 30.9. The first kappa shape index (κ1) is 10.5. The van der Waals surface area contributed by atoms with Gasteiger partial charge >= 0.3 is 0 Å². The molecule has 2 saturated heterocycles. The van der Waals surface area contributed by atoms with Crippen LogP contribution in [0.15, 0.2) is 18.3 Å². The van der Waals surface area contributed by atoms with Crippen molar-refractivity contribution in [2.75, 3.05) is 0 Å². The van der Waals surface area contributed by atoms with Gasteiger partial charge in [-0.2, -0.15) is 5.26 Å². The van der Waals surface area contributed by atoms with Crippen LogP contribution in [0.5, 0.6) is 5.75 Å². The van der Waals surface area contributed by atoms with E-state index < -0.39 is 0 Å². The van der Waals surface area contributed by atoms with E-state index in [1.807, 2.05) is 12.1 Å². The molecule has 2 bridgehead atoms. The van der Waals surface area contributed by atoms with E-state index in [0.717, 1.165) is 12.8 Å². The molecule has 2 fully saturated rings. The van der Waals surface area contributed by atoms with Crippen molar-refractivity contribution in [1.29, 1.82) is 5.26 Å². The third-order valence-electron chi connectivity index (χ3n) is 3.60. The van der Waals surface area contributed by atoms with Crippen molar-refractivity contribution in [3.63, 3.8) is 0 Å². The summed E-state index contributed by atoms with van der Waals surface area (Å²) in [4.78, 5) is 4.01. The molecule has 17 heavy (non-hydrogen) atoms. The van der Waals surface area contributed by atoms with Crippen molar-refractivity contribution >= 4 is 0 Å². The fraction of sp³-hybridized carbons (Fsp3) is 0.538. The van der Waals surface area contributed by atoms with Gasteiger partial charge in [0.05, 0.1) is 0 Å². The average molecular weight is 229 g/mol. The molecule has 4 heteroatoms. The zero-order valence-electron chi connectivity index (χ0n) is 9.60. The van der Waals surface area contributed by atoms with Gasteiger partial charge in [-0.3, -0.25) is 0 Å². The highest BCUT2D eigenvalue weighted by molar-refractivity contribution is 5.36. The van der Waals surface area contributed by atoms with E-state index in [1.54, 1.807) is 6.20 Å². The number of pyridine rings is 1. The van der Waals surface area contributed by atoms with Gasteiger partial charge in [-0.1, -0.05) is 0 Å². The Kier molecular flexibility index (Phi) is 2.69. The summed E-state index contributed by atoms with van der Waals surface area (Å²) < 4.78 is 5.93. The van der Waals surface area contributed by atoms with E-state index in [4.69, 9.17) is 10.00 Å². The van der Waals surface area contributed by atoms with Gasteiger partial charge in [-0.15, -0.1) is 0 Å². The van der Waals surface area contributed by atoms with Crippen LogP contribution in [0.3, 0.4) is 0 Å². The molecule has 0 spiro atoms. The number of aromatic nitrogens is 1. The van der Waals surface area contributed by atoms with E-state index in [-0.39, 0.29) is 6.10 Å². The molecule has 0 amide bonds. The summed E-state index contributed by atoms with van der Waals surface area (Å²) in [5.74, 6) is 0.626. The highest BCUT2D eigenvalue weighted by Crippen LogP contribution is 2.30. The molecule has 2 aliphatic heterocycles. The lowest BCUT2D eigenvalue weighted by atomic mass is 10.0. The topological polar surface area (TPSA) is 57.9 Å². The second kappa shape index (κ2) is 4.34. The Morgan fingerprint density at radius 3 is 2.82 bits per heavy atom. The Morgan fingerprint density at radius 1 is 1.35 bits per heavy atom. The molecule has 2 unspecified atom stereocenters. The van der Waals surface area contributed by atoms with Crippen molar-refractivity contribution < 1.29 is 4.74 Å². The standard InChI is InChI=1S/C13H15N3O/c14-8-12-13(2-1-5-15-12)17-11-6-9-3-4-10(7-11)16-9/h1-2,5,9-11,16H,3-4,6-7H2. The fourth-order valence-corrected chi connectivity index (χ4v) is 2.85. The summed E-state index contributed by atoms with van der Waals surface area (Å²) in [5.41, 5.74) is 0.387. The summed E-state index contributed by atoms with van der Waals surface area (Å²) in [5, 5.41) is 12.5. The monoisotopic (exact) mass is 229 g/mol. The van der Waals surface area contributed by atoms with Gasteiger partial charge in [-0.25, -0.2) is 4.98 Å². The Labute approximate surface area is 101 Å². The lowest BCUT2D eigenvalue weighted by Gasteiger charge is -2.29. The van der Waals surface area contributed by atoms with Crippen LogP contribution in [0.1, 0.15) is 31.4 Å². The van der Waals surface area contributed by atoms with E-state index in [0.29, 0.717) is 23.5 Å². The van der Waals surface area contributed by atoms with E-state index in [1.165, 1.54) is 12.8 Å². The molecule has 2 aliphatic rings. The van der Waals surface area contributed by atoms with Crippen LogP contribution in [0.2, 0.25) is 0 Å². The van der Waals surface area contributed by atoms with Crippen LogP contribution in [0.25, 0.3) is 0 Å². The molecular weight excluding hydrogens is 214 g/mol. The number of rotatable bonds is 2. The first-order chi connectivity index (χ1) is 8.35. The minimum atomic E-state index is 0.227. The van der Waals surface area contributed by atoms with Crippen molar-refractivity contribution in [1.82, 2.24) is 10.3 Å². The molecule has 1 N–H and O–H groups in total. The van der Waals surface area contributed by atoms with Gasteiger partial charge in [-0.05, 0) is 37.8 Å². The van der Waals surface area contributed by atoms with Crippen LogP contribution >= 0.6 is 0 Å². The molecule has 3 heterocycles. The van der Waals surface area contributed by atoms with Crippen LogP contribution < -0.4 is 10.1 Å². The minimum Gasteiger partial charge on any atom is -0.487 e. The molecule has 0 aromatic carbocycles. The number of fused-ring (bicyclic) bond motifs is 2. The molecule has 0 radical (unpaired) electrons. The third-order valence-corrected chi connectivity index (χ3v) is 3.60. The summed E-state index contributed by atoms with van der Waals surface area (Å²) in [6.45, 7) is 0. The smallest absolute Gasteiger partial charge is 0.182 e. The molecule has 3 rings (SSSR count).